The first-order valence-corrected chi connectivity index (χ1v) is 10.2. The van der Waals surface area contributed by atoms with E-state index in [2.05, 4.69) is 25.7 Å². The molecule has 0 aromatic carbocycles. The van der Waals surface area contributed by atoms with Crippen LogP contribution in [0.5, 0.6) is 0 Å². The van der Waals surface area contributed by atoms with Gasteiger partial charge < -0.3 is 15.5 Å². The van der Waals surface area contributed by atoms with Crippen molar-refractivity contribution < 1.29 is 16.4 Å². The molecular weight excluding hydrogens is 406 g/mol. The van der Waals surface area contributed by atoms with Crippen LogP contribution in [0, 0.1) is 5.92 Å². The summed E-state index contributed by atoms with van der Waals surface area (Å²) < 4.78 is 41.5. The fourth-order valence-electron chi connectivity index (χ4n) is 3.73. The van der Waals surface area contributed by atoms with Crippen LogP contribution >= 0.6 is 0 Å². The van der Waals surface area contributed by atoms with E-state index in [1.165, 1.54) is 23.4 Å². The number of rotatable bonds is 6. The van der Waals surface area contributed by atoms with Gasteiger partial charge in [-0.3, -0.25) is 14.3 Å². The molecule has 5 rings (SSSR count). The molecule has 2 aliphatic rings. The number of hydrogen-bond donors (Lipinski definition) is 2. The van der Waals surface area contributed by atoms with Gasteiger partial charge in [0.1, 0.15) is 5.82 Å². The number of hydrogen-bond acceptors (Lipinski definition) is 7. The van der Waals surface area contributed by atoms with Crippen molar-refractivity contribution in [2.45, 2.75) is 32.6 Å². The second kappa shape index (κ2) is 7.74. The van der Waals surface area contributed by atoms with Crippen molar-refractivity contribution in [2.24, 2.45) is 13.0 Å². The zero-order chi connectivity index (χ0) is 26.7. The van der Waals surface area contributed by atoms with E-state index in [9.17, 15) is 9.59 Å². The third-order valence-corrected chi connectivity index (χ3v) is 5.45. The molecule has 0 spiro atoms. The minimum atomic E-state index is -2.48. The van der Waals surface area contributed by atoms with E-state index in [0.717, 1.165) is 12.8 Å². The molecule has 1 amide bonds. The average Bonchev–Trinajstić information content (AvgIpc) is 3.58. The summed E-state index contributed by atoms with van der Waals surface area (Å²) in [7, 11) is 3.31. The lowest BCUT2D eigenvalue weighted by Crippen LogP contribution is -2.23. The van der Waals surface area contributed by atoms with Gasteiger partial charge in [0.05, 0.1) is 25.4 Å². The molecule has 3 aromatic rings. The number of nitrogens with zero attached hydrogens (tertiary/aromatic N) is 5. The number of aromatic nitrogens is 4. The Balaban J connectivity index is 1.59. The van der Waals surface area contributed by atoms with Gasteiger partial charge in [-0.2, -0.15) is 5.10 Å². The fraction of sp³-hybridized carbons (Fsp3) is 0.348. The van der Waals surface area contributed by atoms with E-state index < -0.39 is 25.6 Å². The Morgan fingerprint density at radius 1 is 1.31 bits per heavy atom. The lowest BCUT2D eigenvalue weighted by atomic mass is 10.0. The Kier molecular flexibility index (Phi) is 3.66. The highest BCUT2D eigenvalue weighted by atomic mass is 16.2. The van der Waals surface area contributed by atoms with Crippen LogP contribution in [0.2, 0.25) is 0 Å². The third kappa shape index (κ3) is 3.59. The van der Waals surface area contributed by atoms with E-state index in [1.807, 2.05) is 0 Å². The highest BCUT2D eigenvalue weighted by Gasteiger charge is 2.30. The number of ketones is 1. The molecule has 32 heavy (non-hydrogen) atoms. The highest BCUT2D eigenvalue weighted by Crippen LogP contribution is 2.42. The topological polar surface area (TPSA) is 105 Å². The van der Waals surface area contributed by atoms with Crippen LogP contribution in [0.1, 0.15) is 48.9 Å². The van der Waals surface area contributed by atoms with Crippen LogP contribution in [0.4, 0.5) is 23.0 Å². The number of carbonyl (C=O) groups excluding carboxylic acids is 2. The molecule has 0 radical (unpaired) electrons. The van der Waals surface area contributed by atoms with Gasteiger partial charge in [0.15, 0.2) is 11.6 Å². The van der Waals surface area contributed by atoms with E-state index in [-0.39, 0.29) is 34.7 Å². The van der Waals surface area contributed by atoms with Crippen molar-refractivity contribution >= 4 is 34.7 Å². The summed E-state index contributed by atoms with van der Waals surface area (Å²) in [6.45, 7) is -4.39. The van der Waals surface area contributed by atoms with Crippen LogP contribution in [0.15, 0.2) is 30.7 Å². The van der Waals surface area contributed by atoms with Crippen molar-refractivity contribution in [2.75, 3.05) is 22.6 Å². The largest absolute Gasteiger partial charge is 0.367 e. The van der Waals surface area contributed by atoms with Gasteiger partial charge >= 0.3 is 0 Å². The number of Topliss-reactive ketones (excluding diaryl/α,β-unsaturated/α-hetero) is 1. The van der Waals surface area contributed by atoms with Crippen molar-refractivity contribution in [1.82, 2.24) is 19.7 Å². The molecule has 3 aromatic heterocycles. The molecule has 4 heterocycles. The van der Waals surface area contributed by atoms with Crippen LogP contribution in [0.25, 0.3) is 11.3 Å². The zero-order valence-electron chi connectivity index (χ0n) is 22.6. The molecular formula is C23H25N7O2. The van der Waals surface area contributed by atoms with Gasteiger partial charge in [0.25, 0.3) is 0 Å². The molecule has 0 atom stereocenters. The molecule has 0 unspecified atom stereocenters. The second-order valence-electron chi connectivity index (χ2n) is 7.90. The van der Waals surface area contributed by atoms with E-state index >= 15 is 0 Å². The molecule has 2 N–H and O–H groups in total. The van der Waals surface area contributed by atoms with E-state index in [4.69, 9.17) is 6.85 Å². The second-order valence-corrected chi connectivity index (χ2v) is 7.90. The predicted octanol–water partition coefficient (Wildman–Crippen LogP) is 3.51. The summed E-state index contributed by atoms with van der Waals surface area (Å²) in [6, 6.07) is 3.18. The summed E-state index contributed by atoms with van der Waals surface area (Å²) in [5.74, 6) is -0.471. The number of pyridine rings is 2. The summed E-state index contributed by atoms with van der Waals surface area (Å²) in [5, 5.41) is 10.3. The predicted molar refractivity (Wildman–Crippen MR) is 122 cm³/mol. The molecule has 1 aliphatic carbocycles. The Morgan fingerprint density at radius 2 is 2.16 bits per heavy atom. The SMILES string of the molecule is [2H]C([2H])([2H])CC(=O)c1cnc(NC(=O)C2CC2)cc1Nc1nccc2c1N(C)C([2H])([2H])c1cn(C)nc1-2. The molecule has 0 bridgehead atoms. The Bertz CT molecular complexity index is 1410. The highest BCUT2D eigenvalue weighted by molar-refractivity contribution is 6.03. The molecule has 9 heteroatoms. The van der Waals surface area contributed by atoms with Gasteiger partial charge in [-0.05, 0) is 18.9 Å². The Morgan fingerprint density at radius 3 is 2.94 bits per heavy atom. The first-order chi connectivity index (χ1) is 17.3. The number of nitrogens with one attached hydrogen (secondary N) is 2. The van der Waals surface area contributed by atoms with E-state index in [0.29, 0.717) is 22.5 Å². The van der Waals surface area contributed by atoms with Crippen molar-refractivity contribution in [3.63, 3.8) is 0 Å². The maximum Gasteiger partial charge on any atom is 0.228 e. The van der Waals surface area contributed by atoms with Crippen LogP contribution in [-0.2, 0) is 18.3 Å². The molecule has 1 saturated carbocycles. The zero-order valence-corrected chi connectivity index (χ0v) is 17.6. The summed E-state index contributed by atoms with van der Waals surface area (Å²) in [4.78, 5) is 35.2. The van der Waals surface area contributed by atoms with Gasteiger partial charge in [-0.1, -0.05) is 6.85 Å². The number of anilines is 4. The summed E-state index contributed by atoms with van der Waals surface area (Å²) in [5.41, 5.74) is 2.13. The minimum Gasteiger partial charge on any atom is -0.367 e. The van der Waals surface area contributed by atoms with Crippen LogP contribution < -0.4 is 15.5 Å². The van der Waals surface area contributed by atoms with Crippen molar-refractivity contribution in [1.29, 1.82) is 0 Å². The van der Waals surface area contributed by atoms with Crippen LogP contribution in [-0.4, -0.2) is 38.5 Å². The smallest absolute Gasteiger partial charge is 0.228 e. The van der Waals surface area contributed by atoms with Gasteiger partial charge in [0, 0.05) is 72.8 Å². The Labute approximate surface area is 192 Å². The lowest BCUT2D eigenvalue weighted by molar-refractivity contribution is -0.117. The minimum absolute atomic E-state index is 0.0138. The number of aryl methyl sites for hydroxylation is 1. The maximum atomic E-state index is 12.9. The van der Waals surface area contributed by atoms with Gasteiger partial charge in [0.2, 0.25) is 5.91 Å². The number of fused-ring (bicyclic) bond motifs is 3. The van der Waals surface area contributed by atoms with Gasteiger partial charge in [-0.15, -0.1) is 0 Å². The third-order valence-electron chi connectivity index (χ3n) is 5.45. The molecule has 1 fully saturated rings. The fourth-order valence-corrected chi connectivity index (χ4v) is 3.73. The van der Waals surface area contributed by atoms with Crippen molar-refractivity contribution in [3.05, 3.63) is 41.9 Å². The monoisotopic (exact) mass is 436 g/mol. The first kappa shape index (κ1) is 15.1. The van der Waals surface area contributed by atoms with Crippen LogP contribution in [0.3, 0.4) is 0 Å². The average molecular weight is 437 g/mol. The Hall–Kier alpha value is -3.75. The molecule has 9 nitrogen and oxygen atoms in total. The number of carbonyl (C=O) groups is 2. The molecule has 1 aliphatic heterocycles. The lowest BCUT2D eigenvalue weighted by Gasteiger charge is -2.28. The number of amides is 1. The molecule has 164 valence electrons. The summed E-state index contributed by atoms with van der Waals surface area (Å²) in [6.07, 6.45) is 5.30. The first-order valence-electron chi connectivity index (χ1n) is 12.7. The summed E-state index contributed by atoms with van der Waals surface area (Å²) >= 11 is 0. The maximum absolute atomic E-state index is 12.9. The van der Waals surface area contributed by atoms with Crippen molar-refractivity contribution in [3.8, 4) is 11.3 Å². The quantitative estimate of drug-likeness (QED) is 0.570. The van der Waals surface area contributed by atoms with Gasteiger partial charge in [-0.25, -0.2) is 9.97 Å². The standard InChI is InChI=1S/C23H25N7O2/c1-4-18(31)16-10-25-19(27-23(32)13-5-6-13)9-17(16)26-22-21-15(7-8-24-22)20-14(11-29(21)2)12-30(3)28-20/h7-10,12-13H,4-6,11H2,1-3H3,(H2,24,25,26,27,32)/i1D3,11D2. The molecule has 0 saturated heterocycles. The van der Waals surface area contributed by atoms with E-state index in [1.54, 1.807) is 31.0 Å². The normalized spacial score (nSPS) is 18.8.